The zero-order chi connectivity index (χ0) is 14.1. The summed E-state index contributed by atoms with van der Waals surface area (Å²) in [6.07, 6.45) is 3.20. The summed E-state index contributed by atoms with van der Waals surface area (Å²) in [5.41, 5.74) is 7.34. The monoisotopic (exact) mass is 288 g/mol. The number of para-hydroxylation sites is 1. The van der Waals surface area contributed by atoms with Crippen LogP contribution in [0, 0.1) is 11.3 Å². The van der Waals surface area contributed by atoms with E-state index >= 15 is 0 Å². The maximum atomic E-state index is 9.00. The van der Waals surface area contributed by atoms with E-state index in [-0.39, 0.29) is 6.04 Å². The summed E-state index contributed by atoms with van der Waals surface area (Å²) in [4.78, 5) is 0. The second-order valence-electron chi connectivity index (χ2n) is 4.66. The minimum Gasteiger partial charge on any atom is -0.492 e. The highest BCUT2D eigenvalue weighted by atomic mass is 35.5. The van der Waals surface area contributed by atoms with Crippen LogP contribution in [0.2, 0.25) is 5.02 Å². The molecule has 2 N–H and O–H groups in total. The number of nitrogens with two attached hydrogens (primary N) is 1. The predicted octanol–water partition coefficient (Wildman–Crippen LogP) is 2.75. The van der Waals surface area contributed by atoms with Gasteiger partial charge in [-0.3, -0.25) is 0 Å². The van der Waals surface area contributed by atoms with E-state index in [1.54, 1.807) is 10.7 Å². The lowest BCUT2D eigenvalue weighted by atomic mass is 10.0. The van der Waals surface area contributed by atoms with E-state index < -0.39 is 0 Å². The zero-order valence-electron chi connectivity index (χ0n) is 10.7. The Bertz CT molecular complexity index is 689. The first-order valence-electron chi connectivity index (χ1n) is 6.36. The number of benzene rings is 1. The van der Waals surface area contributed by atoms with E-state index in [1.165, 1.54) is 6.20 Å². The molecule has 1 aliphatic rings. The van der Waals surface area contributed by atoms with Crippen molar-refractivity contribution in [2.24, 2.45) is 0 Å². The maximum absolute atomic E-state index is 9.00. The summed E-state index contributed by atoms with van der Waals surface area (Å²) in [6.45, 7) is 0.611. The van der Waals surface area contributed by atoms with Crippen molar-refractivity contribution in [1.82, 2.24) is 9.78 Å². The topological polar surface area (TPSA) is 76.9 Å². The van der Waals surface area contributed by atoms with Crippen molar-refractivity contribution in [2.75, 3.05) is 12.3 Å². The molecule has 0 fully saturated rings. The molecule has 0 saturated carbocycles. The molecule has 2 heterocycles. The van der Waals surface area contributed by atoms with Crippen LogP contribution in [0.1, 0.15) is 30.0 Å². The Kier molecular flexibility index (Phi) is 3.25. The molecule has 1 aliphatic heterocycles. The second-order valence-corrected chi connectivity index (χ2v) is 5.07. The summed E-state index contributed by atoms with van der Waals surface area (Å²) < 4.78 is 7.41. The van der Waals surface area contributed by atoms with Gasteiger partial charge in [-0.05, 0) is 18.9 Å². The Morgan fingerprint density at radius 3 is 3.10 bits per heavy atom. The highest BCUT2D eigenvalue weighted by Crippen LogP contribution is 2.39. The van der Waals surface area contributed by atoms with Gasteiger partial charge < -0.3 is 10.5 Å². The van der Waals surface area contributed by atoms with Crippen molar-refractivity contribution >= 4 is 17.4 Å². The van der Waals surface area contributed by atoms with Gasteiger partial charge in [0.15, 0.2) is 0 Å². The Morgan fingerprint density at radius 1 is 1.50 bits per heavy atom. The Balaban J connectivity index is 2.13. The third kappa shape index (κ3) is 1.98. The number of fused-ring (bicyclic) bond motifs is 1. The largest absolute Gasteiger partial charge is 0.492 e. The molecule has 0 aliphatic carbocycles. The minimum absolute atomic E-state index is 0.0618. The molecule has 1 aromatic heterocycles. The highest BCUT2D eigenvalue weighted by Gasteiger charge is 2.25. The summed E-state index contributed by atoms with van der Waals surface area (Å²) in [6, 6.07) is 7.63. The molecule has 0 spiro atoms. The van der Waals surface area contributed by atoms with E-state index in [1.807, 2.05) is 18.2 Å². The third-order valence-electron chi connectivity index (χ3n) is 3.47. The van der Waals surface area contributed by atoms with Crippen molar-refractivity contribution in [2.45, 2.75) is 18.9 Å². The van der Waals surface area contributed by atoms with Crippen LogP contribution < -0.4 is 10.5 Å². The SMILES string of the molecule is N#Cc1cnn(C2CCCOc3c(Cl)cccc32)c1N. The molecule has 0 saturated heterocycles. The molecule has 1 aromatic carbocycles. The van der Waals surface area contributed by atoms with E-state index in [0.29, 0.717) is 28.8 Å². The number of halogens is 1. The van der Waals surface area contributed by atoms with Gasteiger partial charge in [0, 0.05) is 5.56 Å². The number of nitrogens with zero attached hydrogens (tertiary/aromatic N) is 3. The number of nitriles is 1. The van der Waals surface area contributed by atoms with Crippen LogP contribution in [-0.2, 0) is 0 Å². The van der Waals surface area contributed by atoms with Crippen LogP contribution in [0.3, 0.4) is 0 Å². The van der Waals surface area contributed by atoms with Crippen LogP contribution in [0.5, 0.6) is 5.75 Å². The standard InChI is InChI=1S/C14H13ClN4O/c15-11-4-1-3-10-12(5-2-6-20-13(10)11)19-14(17)9(7-16)8-18-19/h1,3-4,8,12H,2,5-6,17H2. The zero-order valence-corrected chi connectivity index (χ0v) is 11.5. The number of aromatic nitrogens is 2. The Hall–Kier alpha value is -2.19. The van der Waals surface area contributed by atoms with Gasteiger partial charge >= 0.3 is 0 Å². The van der Waals surface area contributed by atoms with Crippen LogP contribution in [0.15, 0.2) is 24.4 Å². The van der Waals surface area contributed by atoms with E-state index in [4.69, 9.17) is 27.3 Å². The number of rotatable bonds is 1. The second kappa shape index (κ2) is 5.06. The molecule has 6 heteroatoms. The summed E-state index contributed by atoms with van der Waals surface area (Å²) in [5.74, 6) is 1.07. The van der Waals surface area contributed by atoms with Gasteiger partial charge in [-0.15, -0.1) is 0 Å². The molecule has 0 radical (unpaired) electrons. The molecule has 0 amide bonds. The lowest BCUT2D eigenvalue weighted by Gasteiger charge is -2.19. The first kappa shape index (κ1) is 12.8. The molecular formula is C14H13ClN4O. The maximum Gasteiger partial charge on any atom is 0.143 e. The van der Waals surface area contributed by atoms with Gasteiger partial charge in [-0.2, -0.15) is 10.4 Å². The lowest BCUT2D eigenvalue weighted by molar-refractivity contribution is 0.315. The molecule has 0 bridgehead atoms. The molecule has 2 aromatic rings. The lowest BCUT2D eigenvalue weighted by Crippen LogP contribution is -2.14. The fourth-order valence-corrected chi connectivity index (χ4v) is 2.74. The minimum atomic E-state index is -0.0618. The smallest absolute Gasteiger partial charge is 0.143 e. The predicted molar refractivity (Wildman–Crippen MR) is 75.7 cm³/mol. The summed E-state index contributed by atoms with van der Waals surface area (Å²) in [5, 5.41) is 13.8. The van der Waals surface area contributed by atoms with Gasteiger partial charge in [0.25, 0.3) is 0 Å². The van der Waals surface area contributed by atoms with Gasteiger partial charge in [0.2, 0.25) is 0 Å². The molecule has 1 unspecified atom stereocenters. The van der Waals surface area contributed by atoms with Crippen LogP contribution in [-0.4, -0.2) is 16.4 Å². The van der Waals surface area contributed by atoms with Crippen molar-refractivity contribution < 1.29 is 4.74 Å². The van der Waals surface area contributed by atoms with Crippen molar-refractivity contribution in [3.05, 3.63) is 40.5 Å². The van der Waals surface area contributed by atoms with Crippen LogP contribution in [0.25, 0.3) is 0 Å². The summed E-state index contributed by atoms with van der Waals surface area (Å²) >= 11 is 6.20. The molecule has 3 rings (SSSR count). The Labute approximate surface area is 121 Å². The Morgan fingerprint density at radius 2 is 2.35 bits per heavy atom. The summed E-state index contributed by atoms with van der Waals surface area (Å²) in [7, 11) is 0. The molecule has 1 atom stereocenters. The molecular weight excluding hydrogens is 276 g/mol. The first-order chi connectivity index (χ1) is 9.72. The third-order valence-corrected chi connectivity index (χ3v) is 3.77. The van der Waals surface area contributed by atoms with E-state index in [2.05, 4.69) is 5.10 Å². The van der Waals surface area contributed by atoms with Crippen molar-refractivity contribution in [3.63, 3.8) is 0 Å². The fourth-order valence-electron chi connectivity index (χ4n) is 2.51. The first-order valence-corrected chi connectivity index (χ1v) is 6.74. The molecule has 20 heavy (non-hydrogen) atoms. The normalized spacial score (nSPS) is 17.7. The van der Waals surface area contributed by atoms with Crippen LogP contribution in [0.4, 0.5) is 5.82 Å². The number of hydrogen-bond donors (Lipinski definition) is 1. The number of anilines is 1. The van der Waals surface area contributed by atoms with Gasteiger partial charge in [0.05, 0.1) is 23.9 Å². The molecule has 5 nitrogen and oxygen atoms in total. The van der Waals surface area contributed by atoms with E-state index in [9.17, 15) is 0 Å². The van der Waals surface area contributed by atoms with Gasteiger partial charge in [-0.25, -0.2) is 4.68 Å². The number of hydrogen-bond acceptors (Lipinski definition) is 4. The van der Waals surface area contributed by atoms with E-state index in [0.717, 1.165) is 18.4 Å². The average molecular weight is 289 g/mol. The van der Waals surface area contributed by atoms with Crippen molar-refractivity contribution in [3.8, 4) is 11.8 Å². The quantitative estimate of drug-likeness (QED) is 0.875. The number of nitrogen functional groups attached to an aromatic ring is 1. The van der Waals surface area contributed by atoms with Gasteiger partial charge in [-0.1, -0.05) is 23.7 Å². The molecule has 102 valence electrons. The van der Waals surface area contributed by atoms with Crippen LogP contribution >= 0.6 is 11.6 Å². The van der Waals surface area contributed by atoms with Gasteiger partial charge in [0.1, 0.15) is 23.2 Å². The highest BCUT2D eigenvalue weighted by molar-refractivity contribution is 6.32. The number of ether oxygens (including phenoxy) is 1. The fraction of sp³-hybridized carbons (Fsp3) is 0.286. The van der Waals surface area contributed by atoms with Crippen molar-refractivity contribution in [1.29, 1.82) is 5.26 Å². The average Bonchev–Trinajstić information content (AvgIpc) is 2.69.